The third-order valence-corrected chi connectivity index (χ3v) is 3.40. The summed E-state index contributed by atoms with van der Waals surface area (Å²) in [6.07, 6.45) is 6.61. The second-order valence-corrected chi connectivity index (χ2v) is 5.05. The van der Waals surface area contributed by atoms with E-state index in [1.807, 2.05) is 19.2 Å². The minimum Gasteiger partial charge on any atom is -0.348 e. The van der Waals surface area contributed by atoms with Crippen LogP contribution in [0.25, 0.3) is 11.3 Å². The van der Waals surface area contributed by atoms with E-state index in [-0.39, 0.29) is 11.5 Å². The summed E-state index contributed by atoms with van der Waals surface area (Å²) in [5.74, 6) is -0.304. The molecule has 0 aliphatic rings. The van der Waals surface area contributed by atoms with Crippen LogP contribution in [-0.4, -0.2) is 25.7 Å². The normalized spacial score (nSPS) is 10.5. The number of hydrogen-bond acceptors (Lipinski definition) is 4. The second-order valence-electron chi connectivity index (χ2n) is 5.05. The van der Waals surface area contributed by atoms with E-state index in [1.165, 1.54) is 12.3 Å². The molecule has 7 nitrogen and oxygen atoms in total. The SMILES string of the molecule is Cn1nccc1-c1cncc(CNC(=O)c2cc[nH]c(=O)c2)c1. The molecular weight excluding hydrogens is 294 g/mol. The van der Waals surface area contributed by atoms with E-state index in [0.717, 1.165) is 16.8 Å². The van der Waals surface area contributed by atoms with Crippen molar-refractivity contribution in [2.75, 3.05) is 0 Å². The summed E-state index contributed by atoms with van der Waals surface area (Å²) in [6.45, 7) is 0.324. The lowest BCUT2D eigenvalue weighted by Gasteiger charge is -2.07. The Morgan fingerprint density at radius 2 is 2.17 bits per heavy atom. The van der Waals surface area contributed by atoms with Crippen LogP contribution >= 0.6 is 0 Å². The van der Waals surface area contributed by atoms with E-state index in [0.29, 0.717) is 12.1 Å². The lowest BCUT2D eigenvalue weighted by Crippen LogP contribution is -2.24. The van der Waals surface area contributed by atoms with E-state index in [1.54, 1.807) is 29.3 Å². The zero-order valence-corrected chi connectivity index (χ0v) is 12.5. The summed E-state index contributed by atoms with van der Waals surface area (Å²) in [6, 6.07) is 6.67. The number of amides is 1. The highest BCUT2D eigenvalue weighted by atomic mass is 16.2. The Labute approximate surface area is 132 Å². The smallest absolute Gasteiger partial charge is 0.251 e. The van der Waals surface area contributed by atoms with Crippen molar-refractivity contribution in [1.29, 1.82) is 0 Å². The van der Waals surface area contributed by atoms with Crippen LogP contribution in [0.3, 0.4) is 0 Å². The molecule has 116 valence electrons. The Kier molecular flexibility index (Phi) is 4.01. The third kappa shape index (κ3) is 3.34. The highest BCUT2D eigenvalue weighted by molar-refractivity contribution is 5.93. The fourth-order valence-corrected chi connectivity index (χ4v) is 2.25. The predicted molar refractivity (Wildman–Crippen MR) is 84.7 cm³/mol. The van der Waals surface area contributed by atoms with Gasteiger partial charge in [-0.1, -0.05) is 0 Å². The molecule has 0 saturated heterocycles. The lowest BCUT2D eigenvalue weighted by atomic mass is 10.1. The van der Waals surface area contributed by atoms with Gasteiger partial charge in [0.05, 0.1) is 5.69 Å². The first-order valence-electron chi connectivity index (χ1n) is 7.03. The molecule has 0 fully saturated rings. The first-order chi connectivity index (χ1) is 11.1. The minimum absolute atomic E-state index is 0.304. The van der Waals surface area contributed by atoms with Crippen molar-refractivity contribution in [2.24, 2.45) is 7.05 Å². The van der Waals surface area contributed by atoms with Crippen molar-refractivity contribution in [3.05, 3.63) is 70.5 Å². The highest BCUT2D eigenvalue weighted by Gasteiger charge is 2.07. The first-order valence-corrected chi connectivity index (χ1v) is 7.03. The van der Waals surface area contributed by atoms with E-state index >= 15 is 0 Å². The van der Waals surface area contributed by atoms with Gasteiger partial charge in [-0.2, -0.15) is 5.10 Å². The van der Waals surface area contributed by atoms with Gasteiger partial charge >= 0.3 is 0 Å². The molecule has 0 atom stereocenters. The predicted octanol–water partition coefficient (Wildman–Crippen LogP) is 1.10. The topological polar surface area (TPSA) is 92.7 Å². The van der Waals surface area contributed by atoms with Gasteiger partial charge in [-0.3, -0.25) is 19.3 Å². The molecule has 2 N–H and O–H groups in total. The quantitative estimate of drug-likeness (QED) is 0.755. The molecular formula is C16H15N5O2. The number of rotatable bonds is 4. The van der Waals surface area contributed by atoms with Crippen LogP contribution in [0.2, 0.25) is 0 Å². The molecule has 0 saturated carbocycles. The molecule has 0 aromatic carbocycles. The fraction of sp³-hybridized carbons (Fsp3) is 0.125. The third-order valence-electron chi connectivity index (χ3n) is 3.40. The Hall–Kier alpha value is -3.22. The van der Waals surface area contributed by atoms with E-state index in [9.17, 15) is 9.59 Å². The number of aryl methyl sites for hydroxylation is 1. The van der Waals surface area contributed by atoms with Crippen LogP contribution in [0, 0.1) is 0 Å². The largest absolute Gasteiger partial charge is 0.348 e. The van der Waals surface area contributed by atoms with Gasteiger partial charge in [-0.05, 0) is 23.8 Å². The van der Waals surface area contributed by atoms with Gasteiger partial charge in [0.25, 0.3) is 5.91 Å². The van der Waals surface area contributed by atoms with Gasteiger partial charge in [0, 0.05) is 55.6 Å². The zero-order valence-electron chi connectivity index (χ0n) is 12.5. The summed E-state index contributed by atoms with van der Waals surface area (Å²) in [5.41, 5.74) is 2.75. The molecule has 3 rings (SSSR count). The van der Waals surface area contributed by atoms with Gasteiger partial charge < -0.3 is 10.3 Å². The molecule has 7 heteroatoms. The molecule has 3 aromatic rings. The van der Waals surface area contributed by atoms with Gasteiger partial charge in [0.2, 0.25) is 5.56 Å². The number of nitrogens with zero attached hydrogens (tertiary/aromatic N) is 3. The number of carbonyl (C=O) groups excluding carboxylic acids is 1. The van der Waals surface area contributed by atoms with Gasteiger partial charge in [0.1, 0.15) is 0 Å². The summed E-state index contributed by atoms with van der Waals surface area (Å²) in [5, 5.41) is 6.91. The number of H-pyrrole nitrogens is 1. The van der Waals surface area contributed by atoms with Gasteiger partial charge in [-0.15, -0.1) is 0 Å². The fourth-order valence-electron chi connectivity index (χ4n) is 2.25. The Bertz CT molecular complexity index is 897. The average Bonchev–Trinajstić information content (AvgIpc) is 2.99. The molecule has 0 spiro atoms. The maximum absolute atomic E-state index is 12.0. The number of nitrogens with one attached hydrogen (secondary N) is 2. The zero-order chi connectivity index (χ0) is 16.2. The van der Waals surface area contributed by atoms with Crippen LogP contribution in [0.5, 0.6) is 0 Å². The first kappa shape index (κ1) is 14.7. The van der Waals surface area contributed by atoms with Crippen molar-refractivity contribution in [2.45, 2.75) is 6.54 Å². The Balaban J connectivity index is 1.73. The number of pyridine rings is 2. The highest BCUT2D eigenvalue weighted by Crippen LogP contribution is 2.18. The molecule has 23 heavy (non-hydrogen) atoms. The van der Waals surface area contributed by atoms with Crippen LogP contribution in [0.1, 0.15) is 15.9 Å². The number of aromatic nitrogens is 4. The monoisotopic (exact) mass is 309 g/mol. The maximum Gasteiger partial charge on any atom is 0.251 e. The minimum atomic E-state index is -0.308. The number of hydrogen-bond donors (Lipinski definition) is 2. The van der Waals surface area contributed by atoms with Crippen molar-refractivity contribution in [1.82, 2.24) is 25.1 Å². The molecule has 1 amide bonds. The van der Waals surface area contributed by atoms with Crippen LogP contribution in [-0.2, 0) is 13.6 Å². The average molecular weight is 309 g/mol. The summed E-state index contributed by atoms with van der Waals surface area (Å²) in [7, 11) is 1.86. The summed E-state index contributed by atoms with van der Waals surface area (Å²) < 4.78 is 1.76. The number of aromatic amines is 1. The maximum atomic E-state index is 12.0. The van der Waals surface area contributed by atoms with Crippen molar-refractivity contribution < 1.29 is 4.79 Å². The Morgan fingerprint density at radius 1 is 1.30 bits per heavy atom. The molecule has 0 bridgehead atoms. The Morgan fingerprint density at radius 3 is 2.91 bits per heavy atom. The molecule has 0 unspecified atom stereocenters. The molecule has 0 aliphatic carbocycles. The van der Waals surface area contributed by atoms with Crippen LogP contribution < -0.4 is 10.9 Å². The van der Waals surface area contributed by atoms with Crippen molar-refractivity contribution >= 4 is 5.91 Å². The van der Waals surface area contributed by atoms with Crippen LogP contribution in [0.15, 0.2) is 53.8 Å². The second kappa shape index (κ2) is 6.27. The standard InChI is InChI=1S/C16H15N5O2/c1-21-14(3-5-20-21)13-6-11(8-17-10-13)9-19-16(23)12-2-4-18-15(22)7-12/h2-8,10H,9H2,1H3,(H,18,22)(H,19,23). The van der Waals surface area contributed by atoms with E-state index in [2.05, 4.69) is 20.4 Å². The molecule has 3 heterocycles. The van der Waals surface area contributed by atoms with E-state index in [4.69, 9.17) is 0 Å². The number of carbonyl (C=O) groups is 1. The van der Waals surface area contributed by atoms with Gasteiger partial charge in [0.15, 0.2) is 0 Å². The molecule has 0 radical (unpaired) electrons. The van der Waals surface area contributed by atoms with Crippen LogP contribution in [0.4, 0.5) is 0 Å². The molecule has 3 aromatic heterocycles. The lowest BCUT2D eigenvalue weighted by molar-refractivity contribution is 0.0950. The van der Waals surface area contributed by atoms with Crippen molar-refractivity contribution in [3.63, 3.8) is 0 Å². The van der Waals surface area contributed by atoms with E-state index < -0.39 is 0 Å². The molecule has 0 aliphatic heterocycles. The van der Waals surface area contributed by atoms with Crippen molar-refractivity contribution in [3.8, 4) is 11.3 Å². The summed E-state index contributed by atoms with van der Waals surface area (Å²) in [4.78, 5) is 29.9. The van der Waals surface area contributed by atoms with Gasteiger partial charge in [-0.25, -0.2) is 0 Å². The summed E-state index contributed by atoms with van der Waals surface area (Å²) >= 11 is 0.